The minimum absolute atomic E-state index is 0.0810. The Hall–Kier alpha value is -1.88. The van der Waals surface area contributed by atoms with Crippen LogP contribution in [0.25, 0.3) is 0 Å². The van der Waals surface area contributed by atoms with Crippen LogP contribution in [0.15, 0.2) is 24.3 Å². The summed E-state index contributed by atoms with van der Waals surface area (Å²) >= 11 is 0. The molecule has 2 saturated heterocycles. The van der Waals surface area contributed by atoms with Gasteiger partial charge in [-0.25, -0.2) is 0 Å². The second-order valence-electron chi connectivity index (χ2n) is 6.66. The number of carbonyl (C=O) groups is 2. The smallest absolute Gasteiger partial charge is 0.310 e. The zero-order valence-corrected chi connectivity index (χ0v) is 13.9. The van der Waals surface area contributed by atoms with E-state index < -0.39 is 0 Å². The number of methoxy groups -OCH3 is 1. The Morgan fingerprint density at radius 1 is 1.22 bits per heavy atom. The van der Waals surface area contributed by atoms with Gasteiger partial charge in [-0.3, -0.25) is 14.5 Å². The van der Waals surface area contributed by atoms with Crippen molar-refractivity contribution in [2.24, 2.45) is 5.92 Å². The standard InChI is InChI=1S/C18H24N2O3/c1-11(21)19-13-6-4-12(5-7-13)15-10-14-8-9-16(20(14)2)17(15)18(22)23-3/h4-7,14-17H,8-10H2,1-3H3,(H,19,21)/t14-,15+,16+,17-/m0/s1. The normalized spacial score (nSPS) is 30.0. The predicted octanol–water partition coefficient (Wildman–Crippen LogP) is 2.38. The number of nitrogens with zero attached hydrogens (tertiary/aromatic N) is 1. The highest BCUT2D eigenvalue weighted by Crippen LogP contribution is 2.46. The molecule has 0 aromatic heterocycles. The third-order valence-electron chi connectivity index (χ3n) is 5.40. The number of benzene rings is 1. The van der Waals surface area contributed by atoms with Crippen LogP contribution in [0, 0.1) is 5.92 Å². The van der Waals surface area contributed by atoms with Gasteiger partial charge in [-0.2, -0.15) is 0 Å². The van der Waals surface area contributed by atoms with Crippen LogP contribution < -0.4 is 5.32 Å². The van der Waals surface area contributed by atoms with Gasteiger partial charge in [0, 0.05) is 30.6 Å². The molecule has 23 heavy (non-hydrogen) atoms. The van der Waals surface area contributed by atoms with Gasteiger partial charge in [0.15, 0.2) is 0 Å². The molecule has 1 aromatic rings. The lowest BCUT2D eigenvalue weighted by Gasteiger charge is -2.41. The lowest BCUT2D eigenvalue weighted by atomic mass is 9.76. The summed E-state index contributed by atoms with van der Waals surface area (Å²) in [5, 5.41) is 2.78. The number of anilines is 1. The van der Waals surface area contributed by atoms with Crippen molar-refractivity contribution in [3.8, 4) is 0 Å². The maximum Gasteiger partial charge on any atom is 0.310 e. The first-order valence-electron chi connectivity index (χ1n) is 8.18. The molecular weight excluding hydrogens is 292 g/mol. The number of hydrogen-bond donors (Lipinski definition) is 1. The Balaban J connectivity index is 1.87. The third kappa shape index (κ3) is 2.98. The van der Waals surface area contributed by atoms with Gasteiger partial charge < -0.3 is 10.1 Å². The summed E-state index contributed by atoms with van der Waals surface area (Å²) < 4.78 is 5.09. The first-order valence-corrected chi connectivity index (χ1v) is 8.18. The van der Waals surface area contributed by atoms with E-state index in [0.717, 1.165) is 30.5 Å². The van der Waals surface area contributed by atoms with Crippen LogP contribution >= 0.6 is 0 Å². The predicted molar refractivity (Wildman–Crippen MR) is 88.2 cm³/mol. The molecular formula is C18H24N2O3. The van der Waals surface area contributed by atoms with Crippen molar-refractivity contribution in [1.29, 1.82) is 0 Å². The topological polar surface area (TPSA) is 58.6 Å². The Labute approximate surface area is 137 Å². The van der Waals surface area contributed by atoms with Gasteiger partial charge in [0.2, 0.25) is 5.91 Å². The maximum absolute atomic E-state index is 12.4. The van der Waals surface area contributed by atoms with E-state index in [2.05, 4.69) is 17.3 Å². The van der Waals surface area contributed by atoms with Crippen molar-refractivity contribution in [1.82, 2.24) is 4.90 Å². The average Bonchev–Trinajstić information content (AvgIpc) is 2.77. The molecule has 0 spiro atoms. The molecule has 5 heteroatoms. The van der Waals surface area contributed by atoms with E-state index in [1.165, 1.54) is 14.0 Å². The number of rotatable bonds is 3. The van der Waals surface area contributed by atoms with Crippen LogP contribution in [0.3, 0.4) is 0 Å². The van der Waals surface area contributed by atoms with Crippen molar-refractivity contribution < 1.29 is 14.3 Å². The quantitative estimate of drug-likeness (QED) is 0.870. The second kappa shape index (κ2) is 6.32. The van der Waals surface area contributed by atoms with E-state index in [1.54, 1.807) is 0 Å². The van der Waals surface area contributed by atoms with Gasteiger partial charge in [0.05, 0.1) is 13.0 Å². The SMILES string of the molecule is COC(=O)[C@H]1[C@@H](c2ccc(NC(C)=O)cc2)C[C@@H]2CC[C@H]1N2C. The number of nitrogens with one attached hydrogen (secondary N) is 1. The monoisotopic (exact) mass is 316 g/mol. The first-order chi connectivity index (χ1) is 11.0. The highest BCUT2D eigenvalue weighted by molar-refractivity contribution is 5.88. The Kier molecular flexibility index (Phi) is 4.39. The second-order valence-corrected chi connectivity index (χ2v) is 6.66. The van der Waals surface area contributed by atoms with E-state index in [9.17, 15) is 9.59 Å². The van der Waals surface area contributed by atoms with Gasteiger partial charge >= 0.3 is 5.97 Å². The molecule has 2 aliphatic rings. The summed E-state index contributed by atoms with van der Waals surface area (Å²) in [5.74, 6) is -0.126. The van der Waals surface area contributed by atoms with E-state index >= 15 is 0 Å². The largest absolute Gasteiger partial charge is 0.469 e. The number of fused-ring (bicyclic) bond motifs is 2. The minimum Gasteiger partial charge on any atom is -0.469 e. The molecule has 1 amide bonds. The number of carbonyl (C=O) groups excluding carboxylic acids is 2. The fourth-order valence-electron chi connectivity index (χ4n) is 4.28. The molecule has 2 heterocycles. The fourth-order valence-corrected chi connectivity index (χ4v) is 4.28. The maximum atomic E-state index is 12.4. The molecule has 4 atom stereocenters. The molecule has 3 rings (SSSR count). The van der Waals surface area contributed by atoms with Gasteiger partial charge in [-0.05, 0) is 44.0 Å². The molecule has 0 saturated carbocycles. The fraction of sp³-hybridized carbons (Fsp3) is 0.556. The number of esters is 1. The lowest BCUT2D eigenvalue weighted by Crippen LogP contribution is -2.49. The van der Waals surface area contributed by atoms with Crippen LogP contribution in [0.1, 0.15) is 37.7 Å². The highest BCUT2D eigenvalue weighted by atomic mass is 16.5. The van der Waals surface area contributed by atoms with Crippen molar-refractivity contribution in [3.05, 3.63) is 29.8 Å². The lowest BCUT2D eigenvalue weighted by molar-refractivity contribution is -0.150. The summed E-state index contributed by atoms with van der Waals surface area (Å²) in [6, 6.07) is 8.67. The van der Waals surface area contributed by atoms with Gasteiger partial charge in [0.1, 0.15) is 0 Å². The summed E-state index contributed by atoms with van der Waals surface area (Å²) in [7, 11) is 3.59. The zero-order chi connectivity index (χ0) is 16.6. The van der Waals surface area contributed by atoms with Crippen LogP contribution in [0.5, 0.6) is 0 Å². The van der Waals surface area contributed by atoms with Crippen molar-refractivity contribution in [2.45, 2.75) is 44.2 Å². The average molecular weight is 316 g/mol. The summed E-state index contributed by atoms with van der Waals surface area (Å²) in [5.41, 5.74) is 1.94. The molecule has 1 N–H and O–H groups in total. The molecule has 124 valence electrons. The summed E-state index contributed by atoms with van der Waals surface area (Å²) in [6.45, 7) is 1.50. The van der Waals surface area contributed by atoms with E-state index in [0.29, 0.717) is 6.04 Å². The number of ether oxygens (including phenoxy) is 1. The summed E-state index contributed by atoms with van der Waals surface area (Å²) in [6.07, 6.45) is 3.18. The van der Waals surface area contributed by atoms with Crippen LogP contribution in [0.2, 0.25) is 0 Å². The molecule has 2 fully saturated rings. The number of piperidine rings is 1. The number of amides is 1. The minimum atomic E-state index is -0.115. The summed E-state index contributed by atoms with van der Waals surface area (Å²) in [4.78, 5) is 25.9. The van der Waals surface area contributed by atoms with Gasteiger partial charge in [-0.15, -0.1) is 0 Å². The molecule has 1 aromatic carbocycles. The van der Waals surface area contributed by atoms with E-state index in [1.807, 2.05) is 24.3 Å². The Morgan fingerprint density at radius 2 is 1.91 bits per heavy atom. The van der Waals surface area contributed by atoms with Gasteiger partial charge in [-0.1, -0.05) is 12.1 Å². The Bertz CT molecular complexity index is 599. The Morgan fingerprint density at radius 3 is 2.52 bits per heavy atom. The van der Waals surface area contributed by atoms with Crippen LogP contribution in [-0.4, -0.2) is 43.0 Å². The van der Waals surface area contributed by atoms with Gasteiger partial charge in [0.25, 0.3) is 0 Å². The van der Waals surface area contributed by atoms with Crippen molar-refractivity contribution >= 4 is 17.6 Å². The molecule has 0 unspecified atom stereocenters. The van der Waals surface area contributed by atoms with Crippen LogP contribution in [0.4, 0.5) is 5.69 Å². The molecule has 5 nitrogen and oxygen atoms in total. The van der Waals surface area contributed by atoms with E-state index in [4.69, 9.17) is 4.74 Å². The number of hydrogen-bond acceptors (Lipinski definition) is 4. The van der Waals surface area contributed by atoms with Crippen molar-refractivity contribution in [3.63, 3.8) is 0 Å². The highest BCUT2D eigenvalue weighted by Gasteiger charge is 2.49. The zero-order valence-electron chi connectivity index (χ0n) is 13.9. The van der Waals surface area contributed by atoms with Crippen molar-refractivity contribution in [2.75, 3.05) is 19.5 Å². The van der Waals surface area contributed by atoms with E-state index in [-0.39, 0.29) is 29.8 Å². The molecule has 0 aliphatic carbocycles. The van der Waals surface area contributed by atoms with Crippen LogP contribution in [-0.2, 0) is 14.3 Å². The third-order valence-corrected chi connectivity index (χ3v) is 5.40. The molecule has 2 aliphatic heterocycles. The molecule has 2 bridgehead atoms. The molecule has 0 radical (unpaired) electrons. The first kappa shape index (κ1) is 16.0.